The SMILES string of the molecule is Oc1c(I)cc(I)cc1-c1nc2c(F)cc(F)cc2[nH]1. The van der Waals surface area contributed by atoms with Gasteiger partial charge in [-0.25, -0.2) is 13.8 Å². The molecule has 0 unspecified atom stereocenters. The maximum Gasteiger partial charge on any atom is 0.153 e. The van der Waals surface area contributed by atoms with Gasteiger partial charge in [-0.15, -0.1) is 0 Å². The topological polar surface area (TPSA) is 48.9 Å². The van der Waals surface area contributed by atoms with Crippen molar-refractivity contribution >= 4 is 56.2 Å². The van der Waals surface area contributed by atoms with Crippen LogP contribution in [0.5, 0.6) is 5.75 Å². The maximum atomic E-state index is 13.6. The number of aromatic hydroxyl groups is 1. The van der Waals surface area contributed by atoms with E-state index in [4.69, 9.17) is 0 Å². The van der Waals surface area contributed by atoms with Crippen LogP contribution in [0.3, 0.4) is 0 Å². The van der Waals surface area contributed by atoms with Crippen molar-refractivity contribution in [1.82, 2.24) is 9.97 Å². The first-order chi connectivity index (χ1) is 9.45. The van der Waals surface area contributed by atoms with Crippen molar-refractivity contribution in [1.29, 1.82) is 0 Å². The Morgan fingerprint density at radius 3 is 2.60 bits per heavy atom. The van der Waals surface area contributed by atoms with Gasteiger partial charge in [-0.3, -0.25) is 0 Å². The molecule has 3 aromatic rings. The van der Waals surface area contributed by atoms with Crippen LogP contribution in [0.25, 0.3) is 22.4 Å². The number of rotatable bonds is 1. The van der Waals surface area contributed by atoms with Crippen LogP contribution in [0.4, 0.5) is 8.78 Å². The molecule has 0 bridgehead atoms. The smallest absolute Gasteiger partial charge is 0.153 e. The van der Waals surface area contributed by atoms with Gasteiger partial charge in [-0.05, 0) is 63.4 Å². The molecule has 0 aliphatic heterocycles. The fourth-order valence-electron chi connectivity index (χ4n) is 1.92. The van der Waals surface area contributed by atoms with Gasteiger partial charge in [0, 0.05) is 9.64 Å². The number of H-pyrrole nitrogens is 1. The van der Waals surface area contributed by atoms with Crippen molar-refractivity contribution in [2.24, 2.45) is 0 Å². The average molecular weight is 498 g/mol. The number of phenolic OH excluding ortho intramolecular Hbond substituents is 1. The van der Waals surface area contributed by atoms with Gasteiger partial charge in [0.05, 0.1) is 14.7 Å². The molecule has 0 saturated carbocycles. The number of aromatic nitrogens is 2. The fourth-order valence-corrected chi connectivity index (χ4v) is 3.76. The predicted molar refractivity (Wildman–Crippen MR) is 88.5 cm³/mol. The first-order valence-electron chi connectivity index (χ1n) is 5.49. The molecule has 1 aromatic heterocycles. The second-order valence-electron chi connectivity index (χ2n) is 4.15. The van der Waals surface area contributed by atoms with Gasteiger partial charge in [0.1, 0.15) is 22.9 Å². The molecule has 20 heavy (non-hydrogen) atoms. The largest absolute Gasteiger partial charge is 0.506 e. The molecular formula is C13H6F2I2N2O. The first kappa shape index (κ1) is 14.0. The Kier molecular flexibility index (Phi) is 3.56. The maximum absolute atomic E-state index is 13.6. The van der Waals surface area contributed by atoms with E-state index < -0.39 is 11.6 Å². The third-order valence-electron chi connectivity index (χ3n) is 2.79. The van der Waals surface area contributed by atoms with Crippen molar-refractivity contribution < 1.29 is 13.9 Å². The summed E-state index contributed by atoms with van der Waals surface area (Å²) in [4.78, 5) is 6.93. The summed E-state index contributed by atoms with van der Waals surface area (Å²) in [5.74, 6) is -1.04. The van der Waals surface area contributed by atoms with Gasteiger partial charge in [0.2, 0.25) is 0 Å². The Labute approximate surface area is 139 Å². The second-order valence-corrected chi connectivity index (χ2v) is 6.56. The van der Waals surface area contributed by atoms with Crippen molar-refractivity contribution in [3.63, 3.8) is 0 Å². The summed E-state index contributed by atoms with van der Waals surface area (Å²) in [6.45, 7) is 0. The quantitative estimate of drug-likeness (QED) is 0.489. The lowest BCUT2D eigenvalue weighted by atomic mass is 10.2. The highest BCUT2D eigenvalue weighted by Gasteiger charge is 2.15. The summed E-state index contributed by atoms with van der Waals surface area (Å²) < 4.78 is 28.4. The summed E-state index contributed by atoms with van der Waals surface area (Å²) >= 11 is 4.12. The number of aromatic amines is 1. The van der Waals surface area contributed by atoms with E-state index in [1.807, 2.05) is 28.7 Å². The molecule has 3 rings (SSSR count). The third-order valence-corrected chi connectivity index (χ3v) is 4.23. The number of nitrogens with one attached hydrogen (secondary N) is 1. The van der Waals surface area contributed by atoms with E-state index in [0.717, 1.165) is 9.64 Å². The highest BCUT2D eigenvalue weighted by atomic mass is 127. The molecule has 0 aliphatic carbocycles. The number of halogens is 4. The third kappa shape index (κ3) is 2.36. The zero-order valence-corrected chi connectivity index (χ0v) is 14.0. The molecule has 0 amide bonds. The normalized spacial score (nSPS) is 11.2. The minimum Gasteiger partial charge on any atom is -0.506 e. The summed E-state index contributed by atoms with van der Waals surface area (Å²) in [6.07, 6.45) is 0. The van der Waals surface area contributed by atoms with Crippen LogP contribution in [-0.4, -0.2) is 15.1 Å². The molecule has 102 valence electrons. The molecule has 0 fully saturated rings. The van der Waals surface area contributed by atoms with Crippen LogP contribution >= 0.6 is 45.2 Å². The molecule has 0 atom stereocenters. The van der Waals surface area contributed by atoms with Gasteiger partial charge >= 0.3 is 0 Å². The number of hydrogen-bond donors (Lipinski definition) is 2. The summed E-state index contributed by atoms with van der Waals surface area (Å²) in [6, 6.07) is 5.49. The first-order valence-corrected chi connectivity index (χ1v) is 7.64. The molecule has 0 radical (unpaired) electrons. The average Bonchev–Trinajstić information content (AvgIpc) is 2.77. The lowest BCUT2D eigenvalue weighted by molar-refractivity contribution is 0.473. The molecule has 3 nitrogen and oxygen atoms in total. The predicted octanol–water partition coefficient (Wildman–Crippen LogP) is 4.42. The monoisotopic (exact) mass is 498 g/mol. The number of fused-ring (bicyclic) bond motifs is 1. The number of hydrogen-bond acceptors (Lipinski definition) is 2. The second kappa shape index (κ2) is 5.10. The number of imidazole rings is 1. The van der Waals surface area contributed by atoms with Gasteiger partial charge in [-0.2, -0.15) is 0 Å². The van der Waals surface area contributed by atoms with Crippen LogP contribution in [0, 0.1) is 18.8 Å². The van der Waals surface area contributed by atoms with Crippen LogP contribution in [0.15, 0.2) is 24.3 Å². The summed E-state index contributed by atoms with van der Waals surface area (Å²) in [5, 5.41) is 10.1. The van der Waals surface area contributed by atoms with Crippen LogP contribution in [0.2, 0.25) is 0 Å². The Morgan fingerprint density at radius 1 is 1.10 bits per heavy atom. The fraction of sp³-hybridized carbons (Fsp3) is 0. The van der Waals surface area contributed by atoms with E-state index >= 15 is 0 Å². The zero-order valence-electron chi connectivity index (χ0n) is 9.72. The van der Waals surface area contributed by atoms with Crippen molar-refractivity contribution in [2.75, 3.05) is 0 Å². The lowest BCUT2D eigenvalue weighted by Gasteiger charge is -2.04. The molecule has 1 heterocycles. The molecule has 2 aromatic carbocycles. The number of benzene rings is 2. The van der Waals surface area contributed by atoms with Crippen molar-refractivity contribution in [3.05, 3.63) is 43.0 Å². The Morgan fingerprint density at radius 2 is 1.85 bits per heavy atom. The van der Waals surface area contributed by atoms with Crippen LogP contribution in [-0.2, 0) is 0 Å². The van der Waals surface area contributed by atoms with Gasteiger partial charge < -0.3 is 10.1 Å². The highest BCUT2D eigenvalue weighted by Crippen LogP contribution is 2.34. The lowest BCUT2D eigenvalue weighted by Crippen LogP contribution is -1.86. The van der Waals surface area contributed by atoms with Gasteiger partial charge in [0.25, 0.3) is 0 Å². The van der Waals surface area contributed by atoms with Crippen LogP contribution in [0.1, 0.15) is 0 Å². The van der Waals surface area contributed by atoms with Crippen molar-refractivity contribution in [2.45, 2.75) is 0 Å². The van der Waals surface area contributed by atoms with E-state index in [-0.39, 0.29) is 16.8 Å². The number of phenols is 1. The molecule has 0 saturated heterocycles. The molecule has 0 aliphatic rings. The van der Waals surface area contributed by atoms with E-state index in [1.165, 1.54) is 6.07 Å². The minimum absolute atomic E-state index is 0.0506. The molecular weight excluding hydrogens is 492 g/mol. The standard InChI is InChI=1S/C13H6F2I2N2O/c14-5-1-8(15)11-10(2-5)18-13(19-11)7-3-6(16)4-9(17)12(7)20/h1-4,20H,(H,18,19). The van der Waals surface area contributed by atoms with Gasteiger partial charge in [-0.1, -0.05) is 0 Å². The summed E-state index contributed by atoms with van der Waals surface area (Å²) in [5.41, 5.74) is 0.762. The Hall–Kier alpha value is -0.970. The minimum atomic E-state index is -0.734. The molecule has 2 N–H and O–H groups in total. The summed E-state index contributed by atoms with van der Waals surface area (Å²) in [7, 11) is 0. The number of nitrogens with zero attached hydrogens (tertiary/aromatic N) is 1. The van der Waals surface area contributed by atoms with E-state index in [0.29, 0.717) is 15.0 Å². The van der Waals surface area contributed by atoms with Crippen LogP contribution < -0.4 is 0 Å². The van der Waals surface area contributed by atoms with E-state index in [1.54, 1.807) is 6.07 Å². The molecule has 0 spiro atoms. The molecule has 7 heteroatoms. The van der Waals surface area contributed by atoms with Crippen molar-refractivity contribution in [3.8, 4) is 17.1 Å². The highest BCUT2D eigenvalue weighted by molar-refractivity contribution is 14.1. The van der Waals surface area contributed by atoms with Gasteiger partial charge in [0.15, 0.2) is 5.82 Å². The van der Waals surface area contributed by atoms with E-state index in [2.05, 4.69) is 32.6 Å². The Bertz CT molecular complexity index is 833. The Balaban J connectivity index is 2.28. The zero-order chi connectivity index (χ0) is 14.4. The van der Waals surface area contributed by atoms with E-state index in [9.17, 15) is 13.9 Å².